The van der Waals surface area contributed by atoms with Crippen molar-refractivity contribution in [3.63, 3.8) is 0 Å². The molecule has 9 heteroatoms. The summed E-state index contributed by atoms with van der Waals surface area (Å²) in [6.45, 7) is 7.81. The molecule has 0 bridgehead atoms. The summed E-state index contributed by atoms with van der Waals surface area (Å²) < 4.78 is 10.5. The monoisotopic (exact) mass is 461 g/mol. The van der Waals surface area contributed by atoms with E-state index in [0.29, 0.717) is 37.2 Å². The van der Waals surface area contributed by atoms with Crippen LogP contribution in [0, 0.1) is 13.8 Å². The fourth-order valence-electron chi connectivity index (χ4n) is 1.95. The first-order valence-corrected chi connectivity index (χ1v) is 7.87. The molecular formula is C16H24IN5O3. The van der Waals surface area contributed by atoms with Crippen molar-refractivity contribution in [1.82, 2.24) is 20.9 Å². The molecule has 0 atom stereocenters. The summed E-state index contributed by atoms with van der Waals surface area (Å²) in [5.74, 6) is 2.07. The minimum atomic E-state index is -0.241. The SMILES string of the molecule is CCNC(=NCc1nc(C)c(C)o1)NCCNC(=O)c1ccco1.I. The Hall–Kier alpha value is -2.04. The van der Waals surface area contributed by atoms with E-state index in [0.717, 1.165) is 18.0 Å². The molecule has 2 aromatic heterocycles. The number of guanidine groups is 1. The van der Waals surface area contributed by atoms with Crippen molar-refractivity contribution in [1.29, 1.82) is 0 Å². The third-order valence-electron chi connectivity index (χ3n) is 3.24. The molecule has 0 aromatic carbocycles. The van der Waals surface area contributed by atoms with Gasteiger partial charge in [-0.1, -0.05) is 0 Å². The standard InChI is InChI=1S/C16H23N5O3.HI/c1-4-17-16(20-10-14-21-11(2)12(3)24-14)19-8-7-18-15(22)13-6-5-9-23-13;/h5-6,9H,4,7-8,10H2,1-3H3,(H,18,22)(H2,17,19,20);1H. The normalized spacial score (nSPS) is 10.9. The smallest absolute Gasteiger partial charge is 0.287 e. The second-order valence-corrected chi connectivity index (χ2v) is 5.10. The predicted molar refractivity (Wildman–Crippen MR) is 105 cm³/mol. The number of carbonyl (C=O) groups is 1. The van der Waals surface area contributed by atoms with Crippen LogP contribution in [0.2, 0.25) is 0 Å². The van der Waals surface area contributed by atoms with Crippen molar-refractivity contribution in [2.45, 2.75) is 27.3 Å². The summed E-state index contributed by atoms with van der Waals surface area (Å²) in [6, 6.07) is 3.30. The molecule has 25 heavy (non-hydrogen) atoms. The van der Waals surface area contributed by atoms with Gasteiger partial charge in [-0.05, 0) is 32.9 Å². The average molecular weight is 461 g/mol. The Balaban J connectivity index is 0.00000312. The van der Waals surface area contributed by atoms with Crippen LogP contribution in [0.5, 0.6) is 0 Å². The van der Waals surface area contributed by atoms with Crippen LogP contribution in [-0.4, -0.2) is 36.5 Å². The van der Waals surface area contributed by atoms with Crippen molar-refractivity contribution in [2.75, 3.05) is 19.6 Å². The summed E-state index contributed by atoms with van der Waals surface area (Å²) in [5.41, 5.74) is 0.874. The first kappa shape index (κ1) is 21.0. The van der Waals surface area contributed by atoms with Crippen molar-refractivity contribution < 1.29 is 13.6 Å². The Labute approximate surface area is 163 Å². The molecule has 8 nitrogen and oxygen atoms in total. The van der Waals surface area contributed by atoms with Gasteiger partial charge in [0.2, 0.25) is 5.89 Å². The lowest BCUT2D eigenvalue weighted by atomic mass is 10.4. The van der Waals surface area contributed by atoms with Gasteiger partial charge < -0.3 is 24.8 Å². The zero-order valence-electron chi connectivity index (χ0n) is 14.6. The largest absolute Gasteiger partial charge is 0.459 e. The van der Waals surface area contributed by atoms with Gasteiger partial charge in [0, 0.05) is 19.6 Å². The number of carbonyl (C=O) groups excluding carboxylic acids is 1. The summed E-state index contributed by atoms with van der Waals surface area (Å²) >= 11 is 0. The number of amides is 1. The van der Waals surface area contributed by atoms with Crippen molar-refractivity contribution >= 4 is 35.8 Å². The average Bonchev–Trinajstić information content (AvgIpc) is 3.19. The fraction of sp³-hybridized carbons (Fsp3) is 0.438. The third-order valence-corrected chi connectivity index (χ3v) is 3.24. The minimum Gasteiger partial charge on any atom is -0.459 e. The van der Waals surface area contributed by atoms with Gasteiger partial charge in [-0.2, -0.15) is 0 Å². The van der Waals surface area contributed by atoms with Crippen LogP contribution in [0.1, 0.15) is 34.8 Å². The van der Waals surface area contributed by atoms with Gasteiger partial charge in [-0.25, -0.2) is 9.98 Å². The van der Waals surface area contributed by atoms with E-state index in [1.807, 2.05) is 20.8 Å². The molecule has 0 aliphatic rings. The number of aromatic nitrogens is 1. The number of hydrogen-bond donors (Lipinski definition) is 3. The van der Waals surface area contributed by atoms with Crippen LogP contribution >= 0.6 is 24.0 Å². The maximum Gasteiger partial charge on any atom is 0.287 e. The maximum atomic E-state index is 11.7. The van der Waals surface area contributed by atoms with E-state index in [4.69, 9.17) is 8.83 Å². The van der Waals surface area contributed by atoms with E-state index < -0.39 is 0 Å². The highest BCUT2D eigenvalue weighted by atomic mass is 127. The predicted octanol–water partition coefficient (Wildman–Crippen LogP) is 1.99. The van der Waals surface area contributed by atoms with E-state index in [1.165, 1.54) is 6.26 Å². The number of aryl methyl sites for hydroxylation is 2. The Kier molecular flexibility index (Phi) is 9.03. The van der Waals surface area contributed by atoms with Crippen molar-refractivity contribution in [3.05, 3.63) is 41.5 Å². The number of nitrogens with zero attached hydrogens (tertiary/aromatic N) is 2. The van der Waals surface area contributed by atoms with Gasteiger partial charge in [-0.15, -0.1) is 24.0 Å². The number of rotatable bonds is 7. The molecule has 1 amide bonds. The highest BCUT2D eigenvalue weighted by Gasteiger charge is 2.07. The molecule has 2 rings (SSSR count). The summed E-state index contributed by atoms with van der Waals surface area (Å²) in [4.78, 5) is 20.4. The molecule has 0 aliphatic carbocycles. The van der Waals surface area contributed by atoms with Gasteiger partial charge in [0.15, 0.2) is 11.7 Å². The van der Waals surface area contributed by atoms with Crippen LogP contribution in [-0.2, 0) is 6.54 Å². The van der Waals surface area contributed by atoms with E-state index in [9.17, 15) is 4.79 Å². The van der Waals surface area contributed by atoms with Crippen LogP contribution in [0.4, 0.5) is 0 Å². The molecule has 0 saturated heterocycles. The Bertz CT molecular complexity index is 663. The van der Waals surface area contributed by atoms with Gasteiger partial charge in [-0.3, -0.25) is 4.79 Å². The Morgan fingerprint density at radius 2 is 2.00 bits per heavy atom. The number of hydrogen-bond acceptors (Lipinski definition) is 5. The first-order chi connectivity index (χ1) is 11.6. The number of nitrogens with one attached hydrogen (secondary N) is 3. The Morgan fingerprint density at radius 1 is 1.24 bits per heavy atom. The van der Waals surface area contributed by atoms with E-state index >= 15 is 0 Å². The van der Waals surface area contributed by atoms with Gasteiger partial charge in [0.05, 0.1) is 12.0 Å². The molecule has 0 fully saturated rings. The molecule has 0 aliphatic heterocycles. The van der Waals surface area contributed by atoms with Crippen LogP contribution in [0.3, 0.4) is 0 Å². The lowest BCUT2D eigenvalue weighted by Gasteiger charge is -2.11. The number of oxazole rings is 1. The minimum absolute atomic E-state index is 0. The molecule has 0 spiro atoms. The zero-order chi connectivity index (χ0) is 17.4. The molecule has 138 valence electrons. The first-order valence-electron chi connectivity index (χ1n) is 7.87. The Morgan fingerprint density at radius 3 is 2.60 bits per heavy atom. The van der Waals surface area contributed by atoms with Gasteiger partial charge in [0.25, 0.3) is 5.91 Å². The zero-order valence-corrected chi connectivity index (χ0v) is 16.9. The van der Waals surface area contributed by atoms with Gasteiger partial charge in [0.1, 0.15) is 12.3 Å². The number of furan rings is 1. The van der Waals surface area contributed by atoms with E-state index in [2.05, 4.69) is 25.9 Å². The molecule has 0 unspecified atom stereocenters. The van der Waals surface area contributed by atoms with Crippen LogP contribution in [0.15, 0.2) is 32.2 Å². The molecule has 2 heterocycles. The lowest BCUT2D eigenvalue weighted by molar-refractivity contribution is 0.0926. The second-order valence-electron chi connectivity index (χ2n) is 5.10. The van der Waals surface area contributed by atoms with Crippen molar-refractivity contribution in [2.24, 2.45) is 4.99 Å². The van der Waals surface area contributed by atoms with E-state index in [-0.39, 0.29) is 29.9 Å². The topological polar surface area (TPSA) is 105 Å². The molecular weight excluding hydrogens is 437 g/mol. The third kappa shape index (κ3) is 6.77. The summed E-state index contributed by atoms with van der Waals surface area (Å²) in [5, 5.41) is 9.02. The van der Waals surface area contributed by atoms with E-state index in [1.54, 1.807) is 12.1 Å². The quantitative estimate of drug-likeness (QED) is 0.252. The fourth-order valence-corrected chi connectivity index (χ4v) is 1.95. The lowest BCUT2D eigenvalue weighted by Crippen LogP contribution is -2.41. The van der Waals surface area contributed by atoms with Gasteiger partial charge >= 0.3 is 0 Å². The maximum absolute atomic E-state index is 11.7. The summed E-state index contributed by atoms with van der Waals surface area (Å²) in [7, 11) is 0. The molecule has 2 aromatic rings. The number of aliphatic imine (C=N–C) groups is 1. The highest BCUT2D eigenvalue weighted by molar-refractivity contribution is 14.0. The highest BCUT2D eigenvalue weighted by Crippen LogP contribution is 2.08. The molecule has 0 radical (unpaired) electrons. The van der Waals surface area contributed by atoms with Crippen LogP contribution in [0.25, 0.3) is 0 Å². The number of halogens is 1. The molecule has 0 saturated carbocycles. The van der Waals surface area contributed by atoms with Crippen molar-refractivity contribution in [3.8, 4) is 0 Å². The second kappa shape index (κ2) is 10.7. The molecule has 3 N–H and O–H groups in total. The van der Waals surface area contributed by atoms with Crippen LogP contribution < -0.4 is 16.0 Å². The summed E-state index contributed by atoms with van der Waals surface area (Å²) in [6.07, 6.45) is 1.47.